The fraction of sp³-hybridized carbons (Fsp3) is 0.182. The Morgan fingerprint density at radius 2 is 2.19 bits per heavy atom. The lowest BCUT2D eigenvalue weighted by molar-refractivity contribution is 0.0697. The van der Waals surface area contributed by atoms with Gasteiger partial charge >= 0.3 is 5.97 Å². The maximum Gasteiger partial charge on any atom is 0.336 e. The van der Waals surface area contributed by atoms with Gasteiger partial charge in [-0.05, 0) is 6.07 Å². The molecule has 0 unspecified atom stereocenters. The van der Waals surface area contributed by atoms with Crippen molar-refractivity contribution >= 4 is 5.97 Å². The Morgan fingerprint density at radius 3 is 2.81 bits per heavy atom. The third kappa shape index (κ3) is 1.79. The summed E-state index contributed by atoms with van der Waals surface area (Å²) in [7, 11) is 0. The first-order valence-corrected chi connectivity index (χ1v) is 4.87. The van der Waals surface area contributed by atoms with Crippen LogP contribution in [0.4, 0.5) is 0 Å². The number of carboxylic acid groups (broad SMARTS) is 1. The predicted octanol–water partition coefficient (Wildman–Crippen LogP) is 2.00. The maximum absolute atomic E-state index is 11.0. The number of aryl methyl sites for hydroxylation is 1. The van der Waals surface area contributed by atoms with Crippen molar-refractivity contribution in [1.29, 1.82) is 0 Å². The Bertz CT molecular complexity index is 519. The first-order chi connectivity index (χ1) is 7.72. The molecule has 0 radical (unpaired) electrons. The maximum atomic E-state index is 11.0. The van der Waals surface area contributed by atoms with E-state index in [2.05, 4.69) is 10.1 Å². The molecule has 0 amide bonds. The van der Waals surface area contributed by atoms with E-state index in [0.717, 1.165) is 0 Å². The van der Waals surface area contributed by atoms with E-state index in [4.69, 9.17) is 9.63 Å². The van der Waals surface area contributed by atoms with Crippen molar-refractivity contribution < 1.29 is 14.4 Å². The molecule has 0 fully saturated rings. The number of hydrogen-bond donors (Lipinski definition) is 1. The number of benzene rings is 1. The van der Waals surface area contributed by atoms with Crippen molar-refractivity contribution in [3.63, 3.8) is 0 Å². The standard InChI is InChI=1S/C11H10N2O3/c1-2-9-12-10(13-16-9)7-5-3-4-6-8(7)11(14)15/h3-6H,2H2,1H3,(H,14,15). The third-order valence-corrected chi connectivity index (χ3v) is 2.17. The van der Waals surface area contributed by atoms with Gasteiger partial charge < -0.3 is 9.63 Å². The molecule has 2 aromatic rings. The molecule has 1 N–H and O–H groups in total. The summed E-state index contributed by atoms with van der Waals surface area (Å²) in [6.45, 7) is 1.89. The number of nitrogens with zero attached hydrogens (tertiary/aromatic N) is 2. The molecular weight excluding hydrogens is 208 g/mol. The van der Waals surface area contributed by atoms with Gasteiger partial charge in [-0.2, -0.15) is 4.98 Å². The Morgan fingerprint density at radius 1 is 1.44 bits per heavy atom. The lowest BCUT2D eigenvalue weighted by Gasteiger charge is -1.99. The minimum atomic E-state index is -1.00. The van der Waals surface area contributed by atoms with Crippen LogP contribution in [-0.4, -0.2) is 21.2 Å². The summed E-state index contributed by atoms with van der Waals surface area (Å²) >= 11 is 0. The summed E-state index contributed by atoms with van der Waals surface area (Å²) < 4.78 is 4.95. The number of aromatic nitrogens is 2. The van der Waals surface area contributed by atoms with E-state index >= 15 is 0 Å². The van der Waals surface area contributed by atoms with Crippen LogP contribution in [0.5, 0.6) is 0 Å². The summed E-state index contributed by atoms with van der Waals surface area (Å²) in [6.07, 6.45) is 0.627. The van der Waals surface area contributed by atoms with Crippen molar-refractivity contribution in [3.8, 4) is 11.4 Å². The van der Waals surface area contributed by atoms with Crippen molar-refractivity contribution in [3.05, 3.63) is 35.7 Å². The van der Waals surface area contributed by atoms with Crippen molar-refractivity contribution in [2.45, 2.75) is 13.3 Å². The lowest BCUT2D eigenvalue weighted by Crippen LogP contribution is -1.99. The number of carbonyl (C=O) groups is 1. The first-order valence-electron chi connectivity index (χ1n) is 4.87. The first kappa shape index (κ1) is 10.4. The van der Waals surface area contributed by atoms with Gasteiger partial charge in [0.1, 0.15) is 0 Å². The summed E-state index contributed by atoms with van der Waals surface area (Å²) in [5.74, 6) is -0.191. The van der Waals surface area contributed by atoms with Crippen LogP contribution in [0, 0.1) is 0 Å². The van der Waals surface area contributed by atoms with E-state index in [-0.39, 0.29) is 5.56 Å². The van der Waals surface area contributed by atoms with Gasteiger partial charge in [0, 0.05) is 12.0 Å². The van der Waals surface area contributed by atoms with Gasteiger partial charge in [0.25, 0.3) is 0 Å². The highest BCUT2D eigenvalue weighted by atomic mass is 16.5. The molecule has 0 spiro atoms. The third-order valence-electron chi connectivity index (χ3n) is 2.17. The molecule has 0 saturated heterocycles. The lowest BCUT2D eigenvalue weighted by atomic mass is 10.1. The van der Waals surface area contributed by atoms with Gasteiger partial charge in [-0.15, -0.1) is 0 Å². The molecule has 16 heavy (non-hydrogen) atoms. The monoisotopic (exact) mass is 218 g/mol. The molecule has 5 nitrogen and oxygen atoms in total. The normalized spacial score (nSPS) is 10.3. The number of rotatable bonds is 3. The quantitative estimate of drug-likeness (QED) is 0.852. The zero-order valence-electron chi connectivity index (χ0n) is 8.67. The minimum Gasteiger partial charge on any atom is -0.478 e. The largest absolute Gasteiger partial charge is 0.478 e. The highest BCUT2D eigenvalue weighted by Crippen LogP contribution is 2.20. The summed E-state index contributed by atoms with van der Waals surface area (Å²) in [5, 5.41) is 12.8. The molecule has 0 aliphatic carbocycles. The van der Waals surface area contributed by atoms with Gasteiger partial charge in [-0.25, -0.2) is 4.79 Å². The van der Waals surface area contributed by atoms with Gasteiger partial charge in [0.05, 0.1) is 5.56 Å². The second-order valence-corrected chi connectivity index (χ2v) is 3.22. The van der Waals surface area contributed by atoms with Gasteiger partial charge in [0.2, 0.25) is 11.7 Å². The molecule has 0 bridgehead atoms. The van der Waals surface area contributed by atoms with Crippen LogP contribution in [0.25, 0.3) is 11.4 Å². The van der Waals surface area contributed by atoms with E-state index in [1.165, 1.54) is 6.07 Å². The average Bonchev–Trinajstić information content (AvgIpc) is 2.77. The molecule has 0 saturated carbocycles. The molecule has 1 aromatic carbocycles. The Balaban J connectivity index is 2.50. The summed E-state index contributed by atoms with van der Waals surface area (Å²) in [5.41, 5.74) is 0.643. The molecule has 2 rings (SSSR count). The van der Waals surface area contributed by atoms with Crippen LogP contribution in [0.2, 0.25) is 0 Å². The zero-order chi connectivity index (χ0) is 11.5. The van der Waals surface area contributed by atoms with Gasteiger partial charge in [-0.3, -0.25) is 0 Å². The van der Waals surface area contributed by atoms with Crippen LogP contribution < -0.4 is 0 Å². The van der Waals surface area contributed by atoms with E-state index in [1.807, 2.05) is 6.92 Å². The van der Waals surface area contributed by atoms with Crippen molar-refractivity contribution in [2.24, 2.45) is 0 Å². The minimum absolute atomic E-state index is 0.172. The Labute approximate surface area is 91.7 Å². The van der Waals surface area contributed by atoms with Crippen LogP contribution in [0.15, 0.2) is 28.8 Å². The fourth-order valence-electron chi connectivity index (χ4n) is 1.37. The summed E-state index contributed by atoms with van der Waals surface area (Å²) in [6, 6.07) is 6.57. The number of aromatic carboxylic acids is 1. The second-order valence-electron chi connectivity index (χ2n) is 3.22. The second kappa shape index (κ2) is 4.14. The molecule has 1 heterocycles. The SMILES string of the molecule is CCc1nc(-c2ccccc2C(=O)O)no1. The fourth-order valence-corrected chi connectivity index (χ4v) is 1.37. The van der Waals surface area contributed by atoms with E-state index in [1.54, 1.807) is 18.2 Å². The molecule has 1 aromatic heterocycles. The average molecular weight is 218 g/mol. The Hall–Kier alpha value is -2.17. The van der Waals surface area contributed by atoms with Gasteiger partial charge in [-0.1, -0.05) is 30.3 Å². The van der Waals surface area contributed by atoms with Crippen LogP contribution in [0.1, 0.15) is 23.2 Å². The molecule has 5 heteroatoms. The van der Waals surface area contributed by atoms with E-state index in [0.29, 0.717) is 23.7 Å². The molecule has 0 aliphatic rings. The predicted molar refractivity (Wildman–Crippen MR) is 56.1 cm³/mol. The molecule has 0 atom stereocenters. The van der Waals surface area contributed by atoms with Crippen LogP contribution in [-0.2, 0) is 6.42 Å². The number of hydrogen-bond acceptors (Lipinski definition) is 4. The topological polar surface area (TPSA) is 76.2 Å². The van der Waals surface area contributed by atoms with Crippen LogP contribution in [0.3, 0.4) is 0 Å². The Kier molecular flexibility index (Phi) is 2.68. The summed E-state index contributed by atoms with van der Waals surface area (Å²) in [4.78, 5) is 15.1. The van der Waals surface area contributed by atoms with Crippen LogP contribution >= 0.6 is 0 Å². The van der Waals surface area contributed by atoms with Crippen molar-refractivity contribution in [2.75, 3.05) is 0 Å². The molecule has 82 valence electrons. The van der Waals surface area contributed by atoms with E-state index in [9.17, 15) is 4.79 Å². The zero-order valence-corrected chi connectivity index (χ0v) is 8.67. The smallest absolute Gasteiger partial charge is 0.336 e. The molecular formula is C11H10N2O3. The number of carboxylic acids is 1. The highest BCUT2D eigenvalue weighted by Gasteiger charge is 2.15. The van der Waals surface area contributed by atoms with Crippen molar-refractivity contribution in [1.82, 2.24) is 10.1 Å². The highest BCUT2D eigenvalue weighted by molar-refractivity contribution is 5.94. The van der Waals surface area contributed by atoms with E-state index < -0.39 is 5.97 Å². The molecule has 0 aliphatic heterocycles. The van der Waals surface area contributed by atoms with Gasteiger partial charge in [0.15, 0.2) is 0 Å².